The van der Waals surface area contributed by atoms with Crippen LogP contribution in [0.4, 0.5) is 0 Å². The van der Waals surface area contributed by atoms with Crippen molar-refractivity contribution in [1.29, 1.82) is 0 Å². The number of nitrogens with zero attached hydrogens (tertiary/aromatic N) is 4. The van der Waals surface area contributed by atoms with Crippen LogP contribution in [-0.2, 0) is 11.3 Å². The number of benzene rings is 2. The number of thiophene rings is 1. The van der Waals surface area contributed by atoms with Gasteiger partial charge in [0.15, 0.2) is 0 Å². The summed E-state index contributed by atoms with van der Waals surface area (Å²) in [6.45, 7) is 4.22. The molecule has 0 amide bonds. The quantitative estimate of drug-likeness (QED) is 0.366. The normalized spacial score (nSPS) is 14.5. The molecule has 35 heavy (non-hydrogen) atoms. The molecule has 0 saturated carbocycles. The van der Waals surface area contributed by atoms with E-state index >= 15 is 0 Å². The summed E-state index contributed by atoms with van der Waals surface area (Å²) in [7, 11) is 1.65. The molecule has 5 aromatic rings. The van der Waals surface area contributed by atoms with E-state index in [9.17, 15) is 4.79 Å². The predicted octanol–water partition coefficient (Wildman–Crippen LogP) is 4.50. The van der Waals surface area contributed by atoms with Crippen LogP contribution in [0.15, 0.2) is 71.8 Å². The van der Waals surface area contributed by atoms with Crippen LogP contribution in [0.1, 0.15) is 5.69 Å². The van der Waals surface area contributed by atoms with Crippen molar-refractivity contribution >= 4 is 32.5 Å². The van der Waals surface area contributed by atoms with Crippen molar-refractivity contribution < 1.29 is 9.47 Å². The van der Waals surface area contributed by atoms with E-state index in [1.807, 2.05) is 48.5 Å². The van der Waals surface area contributed by atoms with Crippen LogP contribution in [0.3, 0.4) is 0 Å². The molecule has 1 aliphatic rings. The monoisotopic (exact) mass is 484 g/mol. The maximum atomic E-state index is 13.4. The number of morpholine rings is 1. The number of hydrogen-bond donors (Lipinski definition) is 0. The molecule has 0 atom stereocenters. The zero-order valence-electron chi connectivity index (χ0n) is 19.3. The van der Waals surface area contributed by atoms with Gasteiger partial charge in [0, 0.05) is 29.9 Å². The number of hydrogen-bond acceptors (Lipinski definition) is 7. The minimum atomic E-state index is -0.0731. The third-order valence-corrected chi connectivity index (χ3v) is 7.47. The van der Waals surface area contributed by atoms with Crippen molar-refractivity contribution in [3.63, 3.8) is 0 Å². The lowest BCUT2D eigenvalue weighted by molar-refractivity contribution is 0.0337. The molecule has 0 unspecified atom stereocenters. The number of fused-ring (bicyclic) bond motifs is 2. The van der Waals surface area contributed by atoms with Gasteiger partial charge in [0.25, 0.3) is 5.56 Å². The van der Waals surface area contributed by atoms with Gasteiger partial charge in [0.05, 0.1) is 42.7 Å². The van der Waals surface area contributed by atoms with Gasteiger partial charge >= 0.3 is 0 Å². The first-order valence-corrected chi connectivity index (χ1v) is 12.4. The zero-order chi connectivity index (χ0) is 23.8. The summed E-state index contributed by atoms with van der Waals surface area (Å²) in [4.78, 5) is 26.1. The second-order valence-electron chi connectivity index (χ2n) is 8.54. The van der Waals surface area contributed by atoms with E-state index in [1.54, 1.807) is 18.0 Å². The zero-order valence-corrected chi connectivity index (χ0v) is 20.1. The minimum Gasteiger partial charge on any atom is -0.497 e. The van der Waals surface area contributed by atoms with Crippen LogP contribution in [0.2, 0.25) is 0 Å². The summed E-state index contributed by atoms with van der Waals surface area (Å²) in [5.74, 6) is 0.800. The van der Waals surface area contributed by atoms with Crippen LogP contribution >= 0.6 is 11.3 Å². The Kier molecular flexibility index (Phi) is 5.77. The first-order chi connectivity index (χ1) is 17.2. The summed E-state index contributed by atoms with van der Waals surface area (Å²) >= 11 is 1.46. The summed E-state index contributed by atoms with van der Waals surface area (Å²) in [5.41, 5.74) is 4.40. The highest BCUT2D eigenvalue weighted by Gasteiger charge is 2.14. The van der Waals surface area contributed by atoms with E-state index < -0.39 is 0 Å². The molecule has 0 spiro atoms. The molecule has 0 N–H and O–H groups in total. The number of methoxy groups -OCH3 is 1. The molecular formula is C27H24N4O3S. The Morgan fingerprint density at radius 1 is 1.00 bits per heavy atom. The van der Waals surface area contributed by atoms with Crippen molar-refractivity contribution in [3.05, 3.63) is 83.0 Å². The molecule has 0 radical (unpaired) electrons. The molecule has 8 heteroatoms. The summed E-state index contributed by atoms with van der Waals surface area (Å²) < 4.78 is 12.9. The molecule has 6 rings (SSSR count). The first kappa shape index (κ1) is 21.9. The fourth-order valence-corrected chi connectivity index (χ4v) is 5.42. The highest BCUT2D eigenvalue weighted by Crippen LogP contribution is 2.32. The van der Waals surface area contributed by atoms with E-state index in [2.05, 4.69) is 22.0 Å². The summed E-state index contributed by atoms with van der Waals surface area (Å²) in [6.07, 6.45) is 1.61. The highest BCUT2D eigenvalue weighted by atomic mass is 32.1. The molecule has 0 bridgehead atoms. The number of pyridine rings is 1. The highest BCUT2D eigenvalue weighted by molar-refractivity contribution is 7.22. The van der Waals surface area contributed by atoms with E-state index in [1.165, 1.54) is 11.3 Å². The van der Waals surface area contributed by atoms with Gasteiger partial charge in [-0.25, -0.2) is 4.98 Å². The van der Waals surface area contributed by atoms with Gasteiger partial charge in [-0.15, -0.1) is 11.3 Å². The molecule has 2 aromatic carbocycles. The van der Waals surface area contributed by atoms with E-state index in [4.69, 9.17) is 14.5 Å². The number of aromatic nitrogens is 3. The summed E-state index contributed by atoms with van der Waals surface area (Å²) in [5, 5.41) is 0.991. The van der Waals surface area contributed by atoms with Crippen molar-refractivity contribution in [2.75, 3.05) is 33.4 Å². The van der Waals surface area contributed by atoms with E-state index in [0.29, 0.717) is 10.2 Å². The lowest BCUT2D eigenvalue weighted by Gasteiger charge is -2.26. The van der Waals surface area contributed by atoms with Crippen LogP contribution in [0.5, 0.6) is 5.75 Å². The van der Waals surface area contributed by atoms with Gasteiger partial charge < -0.3 is 9.47 Å². The third kappa shape index (κ3) is 4.32. The fraction of sp³-hybridized carbons (Fsp3) is 0.222. The average Bonchev–Trinajstić information content (AvgIpc) is 3.35. The van der Waals surface area contributed by atoms with Gasteiger partial charge in [-0.3, -0.25) is 19.2 Å². The van der Waals surface area contributed by atoms with Crippen LogP contribution < -0.4 is 10.3 Å². The Hall–Kier alpha value is -3.59. The Bertz CT molecular complexity index is 1570. The molecule has 0 aliphatic carbocycles. The molecule has 176 valence electrons. The topological polar surface area (TPSA) is 69.5 Å². The van der Waals surface area contributed by atoms with Crippen molar-refractivity contribution in [3.8, 4) is 21.9 Å². The van der Waals surface area contributed by atoms with Gasteiger partial charge in [-0.2, -0.15) is 0 Å². The third-order valence-electron chi connectivity index (χ3n) is 6.31. The molecule has 1 fully saturated rings. The lowest BCUT2D eigenvalue weighted by atomic mass is 10.1. The SMILES string of the molecule is COc1ccc(-c2cc3ncn(-c4ccc5nc(CN6CCOCC6)ccc5c4)c(=O)c3s2)cc1. The van der Waals surface area contributed by atoms with Crippen molar-refractivity contribution in [1.82, 2.24) is 19.4 Å². The van der Waals surface area contributed by atoms with E-state index in [0.717, 1.165) is 71.3 Å². The fourth-order valence-electron chi connectivity index (χ4n) is 4.38. The van der Waals surface area contributed by atoms with Crippen molar-refractivity contribution in [2.24, 2.45) is 0 Å². The predicted molar refractivity (Wildman–Crippen MR) is 139 cm³/mol. The second kappa shape index (κ2) is 9.22. The lowest BCUT2D eigenvalue weighted by Crippen LogP contribution is -2.35. The molecule has 3 aromatic heterocycles. The molecule has 1 saturated heterocycles. The first-order valence-electron chi connectivity index (χ1n) is 11.5. The smallest absolute Gasteiger partial charge is 0.275 e. The maximum Gasteiger partial charge on any atom is 0.275 e. The second-order valence-corrected chi connectivity index (χ2v) is 9.59. The molecule has 4 heterocycles. The molecule has 1 aliphatic heterocycles. The van der Waals surface area contributed by atoms with Gasteiger partial charge in [0.2, 0.25) is 0 Å². The van der Waals surface area contributed by atoms with E-state index in [-0.39, 0.29) is 5.56 Å². The average molecular weight is 485 g/mol. The Balaban J connectivity index is 1.31. The van der Waals surface area contributed by atoms with Gasteiger partial charge in [-0.1, -0.05) is 6.07 Å². The van der Waals surface area contributed by atoms with Crippen LogP contribution in [0.25, 0.3) is 37.2 Å². The van der Waals surface area contributed by atoms with Crippen LogP contribution in [-0.4, -0.2) is 52.8 Å². The standard InChI is InChI=1S/C27H24N4O3S/c1-33-22-7-3-18(4-8-22)25-15-24-26(35-25)27(32)31(17-28-24)21-6-9-23-19(14-21)2-5-20(29-23)16-30-10-12-34-13-11-30/h2-9,14-15,17H,10-13,16H2,1H3. The largest absolute Gasteiger partial charge is 0.497 e. The Labute approximate surface area is 206 Å². The minimum absolute atomic E-state index is 0.0731. The van der Waals surface area contributed by atoms with Gasteiger partial charge in [0.1, 0.15) is 16.8 Å². The van der Waals surface area contributed by atoms with Gasteiger partial charge in [-0.05, 0) is 60.2 Å². The van der Waals surface area contributed by atoms with Crippen molar-refractivity contribution in [2.45, 2.75) is 6.54 Å². The molecular weight excluding hydrogens is 460 g/mol. The molecule has 7 nitrogen and oxygen atoms in total. The summed E-state index contributed by atoms with van der Waals surface area (Å²) in [6, 6.07) is 19.8. The Morgan fingerprint density at radius 2 is 1.83 bits per heavy atom. The number of ether oxygens (including phenoxy) is 2. The number of rotatable bonds is 5. The maximum absolute atomic E-state index is 13.4. The van der Waals surface area contributed by atoms with Crippen LogP contribution in [0, 0.1) is 0 Å². The Morgan fingerprint density at radius 3 is 2.63 bits per heavy atom.